The molecule has 1 aromatic carbocycles. The highest BCUT2D eigenvalue weighted by molar-refractivity contribution is 5.86. The van der Waals surface area contributed by atoms with E-state index in [2.05, 4.69) is 38.1 Å². The third-order valence-corrected chi connectivity index (χ3v) is 4.79. The van der Waals surface area contributed by atoms with E-state index in [-0.39, 0.29) is 5.91 Å². The van der Waals surface area contributed by atoms with Crippen molar-refractivity contribution in [2.75, 3.05) is 26.7 Å². The van der Waals surface area contributed by atoms with Crippen LogP contribution in [-0.2, 0) is 11.3 Å². The summed E-state index contributed by atoms with van der Waals surface area (Å²) >= 11 is 0. The smallest absolute Gasteiger partial charge is 0.256 e. The summed E-state index contributed by atoms with van der Waals surface area (Å²) in [6.07, 6.45) is 1.41. The minimum absolute atomic E-state index is 0.128. The molecule has 1 aliphatic rings. The van der Waals surface area contributed by atoms with E-state index in [1.54, 1.807) is 4.90 Å². The summed E-state index contributed by atoms with van der Waals surface area (Å²) in [6.45, 7) is 8.92. The molecule has 0 spiro atoms. The van der Waals surface area contributed by atoms with Crippen molar-refractivity contribution in [2.24, 2.45) is 0 Å². The lowest BCUT2D eigenvalue weighted by Crippen LogP contribution is -2.57. The van der Waals surface area contributed by atoms with E-state index in [4.69, 9.17) is 0 Å². The zero-order chi connectivity index (χ0) is 17.0. The van der Waals surface area contributed by atoms with Crippen LogP contribution in [0.3, 0.4) is 0 Å². The molecule has 1 aliphatic heterocycles. The van der Waals surface area contributed by atoms with Crippen LogP contribution in [0.15, 0.2) is 24.3 Å². The Bertz CT molecular complexity index is 527. The Balaban J connectivity index is 2.06. The summed E-state index contributed by atoms with van der Waals surface area (Å²) in [5.74, 6) is 0.382. The average molecular weight is 318 g/mol. The number of hydrogen-bond acceptors (Lipinski definition) is 3. The van der Waals surface area contributed by atoms with Gasteiger partial charge in [0.1, 0.15) is 0 Å². The standard InChI is InChI=1S/C19H30N2O2/c1-5-20(4)14-19(23)11-6-12-21(18(19)22)13-16-7-9-17(10-8-16)15(2)3/h7-10,15,23H,5-6,11-14H2,1-4H3. The number of carbonyl (C=O) groups excluding carboxylic acids is 1. The van der Waals surface area contributed by atoms with Gasteiger partial charge in [-0.25, -0.2) is 0 Å². The van der Waals surface area contributed by atoms with Gasteiger partial charge in [0, 0.05) is 19.6 Å². The van der Waals surface area contributed by atoms with Crippen molar-refractivity contribution in [2.45, 2.75) is 51.7 Å². The summed E-state index contributed by atoms with van der Waals surface area (Å²) in [5, 5.41) is 10.8. The van der Waals surface area contributed by atoms with Crippen LogP contribution < -0.4 is 0 Å². The van der Waals surface area contributed by atoms with Gasteiger partial charge < -0.3 is 14.9 Å². The van der Waals surface area contributed by atoms with E-state index in [1.807, 2.05) is 18.9 Å². The fourth-order valence-corrected chi connectivity index (χ4v) is 3.15. The van der Waals surface area contributed by atoms with Crippen LogP contribution in [0, 0.1) is 0 Å². The Hall–Kier alpha value is -1.39. The maximum absolute atomic E-state index is 12.7. The summed E-state index contributed by atoms with van der Waals surface area (Å²) in [7, 11) is 1.94. The second kappa shape index (κ2) is 7.45. The van der Waals surface area contributed by atoms with Crippen molar-refractivity contribution in [3.05, 3.63) is 35.4 Å². The number of aliphatic hydroxyl groups is 1. The number of nitrogens with zero attached hydrogens (tertiary/aromatic N) is 2. The van der Waals surface area contributed by atoms with Crippen molar-refractivity contribution < 1.29 is 9.90 Å². The number of rotatable bonds is 6. The van der Waals surface area contributed by atoms with E-state index in [0.29, 0.717) is 25.4 Å². The van der Waals surface area contributed by atoms with Gasteiger partial charge in [-0.15, -0.1) is 0 Å². The molecule has 0 aliphatic carbocycles. The first-order valence-electron chi connectivity index (χ1n) is 8.65. The lowest BCUT2D eigenvalue weighted by Gasteiger charge is -2.40. The van der Waals surface area contributed by atoms with E-state index in [1.165, 1.54) is 5.56 Å². The summed E-state index contributed by atoms with van der Waals surface area (Å²) in [5.41, 5.74) is 1.19. The highest BCUT2D eigenvalue weighted by Crippen LogP contribution is 2.25. The predicted octanol–water partition coefficient (Wildman–Crippen LogP) is 2.62. The van der Waals surface area contributed by atoms with Crippen LogP contribution in [-0.4, -0.2) is 53.1 Å². The van der Waals surface area contributed by atoms with Gasteiger partial charge in [0.05, 0.1) is 0 Å². The van der Waals surface area contributed by atoms with Crippen molar-refractivity contribution in [1.82, 2.24) is 9.80 Å². The van der Waals surface area contributed by atoms with Crippen molar-refractivity contribution in [1.29, 1.82) is 0 Å². The molecular weight excluding hydrogens is 288 g/mol. The minimum atomic E-state index is -1.24. The van der Waals surface area contributed by atoms with Crippen LogP contribution in [0.5, 0.6) is 0 Å². The summed E-state index contributed by atoms with van der Waals surface area (Å²) < 4.78 is 0. The molecule has 1 unspecified atom stereocenters. The quantitative estimate of drug-likeness (QED) is 0.877. The van der Waals surface area contributed by atoms with Crippen molar-refractivity contribution >= 4 is 5.91 Å². The Kier molecular flexibility index (Phi) is 5.82. The molecule has 1 N–H and O–H groups in total. The second-order valence-electron chi connectivity index (χ2n) is 7.09. The number of likely N-dealkylation sites (tertiary alicyclic amines) is 1. The van der Waals surface area contributed by atoms with Crippen LogP contribution >= 0.6 is 0 Å². The topological polar surface area (TPSA) is 43.8 Å². The zero-order valence-corrected chi connectivity index (χ0v) is 14.9. The van der Waals surface area contributed by atoms with Crippen LogP contribution in [0.2, 0.25) is 0 Å². The highest BCUT2D eigenvalue weighted by atomic mass is 16.3. The molecule has 0 aromatic heterocycles. The largest absolute Gasteiger partial charge is 0.379 e. The van der Waals surface area contributed by atoms with Crippen LogP contribution in [0.1, 0.15) is 50.7 Å². The van der Waals surface area contributed by atoms with Crippen molar-refractivity contribution in [3.8, 4) is 0 Å². The molecule has 23 heavy (non-hydrogen) atoms. The third-order valence-electron chi connectivity index (χ3n) is 4.79. The Morgan fingerprint density at radius 2 is 1.96 bits per heavy atom. The zero-order valence-electron chi connectivity index (χ0n) is 14.9. The molecule has 1 heterocycles. The number of piperidine rings is 1. The molecule has 1 aromatic rings. The molecule has 4 heteroatoms. The minimum Gasteiger partial charge on any atom is -0.379 e. The molecule has 4 nitrogen and oxygen atoms in total. The number of hydrogen-bond donors (Lipinski definition) is 1. The Morgan fingerprint density at radius 1 is 1.30 bits per heavy atom. The SMILES string of the molecule is CCN(C)CC1(O)CCCN(Cc2ccc(C(C)C)cc2)C1=O. The van der Waals surface area contributed by atoms with E-state index in [9.17, 15) is 9.90 Å². The molecule has 2 rings (SSSR count). The van der Waals surface area contributed by atoms with Crippen molar-refractivity contribution in [3.63, 3.8) is 0 Å². The molecule has 0 saturated carbocycles. The average Bonchev–Trinajstić information content (AvgIpc) is 2.52. The monoisotopic (exact) mass is 318 g/mol. The first-order chi connectivity index (χ1) is 10.9. The van der Waals surface area contributed by atoms with Gasteiger partial charge in [0.15, 0.2) is 5.60 Å². The molecule has 128 valence electrons. The Labute approximate surface area is 140 Å². The number of amides is 1. The Morgan fingerprint density at radius 3 is 2.52 bits per heavy atom. The molecular formula is C19H30N2O2. The molecule has 1 saturated heterocycles. The van der Waals surface area contributed by atoms with Gasteiger partial charge in [-0.3, -0.25) is 4.79 Å². The van der Waals surface area contributed by atoms with Gasteiger partial charge in [-0.1, -0.05) is 45.0 Å². The van der Waals surface area contributed by atoms with Gasteiger partial charge in [-0.2, -0.15) is 0 Å². The number of benzene rings is 1. The maximum Gasteiger partial charge on any atom is 0.256 e. The molecule has 1 fully saturated rings. The van der Waals surface area contributed by atoms with E-state index >= 15 is 0 Å². The first kappa shape index (κ1) is 18.0. The normalized spacial score (nSPS) is 22.2. The summed E-state index contributed by atoms with van der Waals surface area (Å²) in [4.78, 5) is 16.5. The van der Waals surface area contributed by atoms with Crippen LogP contribution in [0.25, 0.3) is 0 Å². The van der Waals surface area contributed by atoms with Gasteiger partial charge in [0.25, 0.3) is 5.91 Å². The molecule has 0 radical (unpaired) electrons. The second-order valence-corrected chi connectivity index (χ2v) is 7.09. The predicted molar refractivity (Wildman–Crippen MR) is 93.3 cm³/mol. The fraction of sp³-hybridized carbons (Fsp3) is 0.632. The third kappa shape index (κ3) is 4.33. The number of likely N-dealkylation sites (N-methyl/N-ethyl adjacent to an activating group) is 1. The van der Waals surface area contributed by atoms with Crippen LogP contribution in [0.4, 0.5) is 0 Å². The van der Waals surface area contributed by atoms with Gasteiger partial charge in [0.2, 0.25) is 0 Å². The highest BCUT2D eigenvalue weighted by Gasteiger charge is 2.42. The number of carbonyl (C=O) groups is 1. The van der Waals surface area contributed by atoms with E-state index < -0.39 is 5.60 Å². The lowest BCUT2D eigenvalue weighted by molar-refractivity contribution is -0.159. The summed E-state index contributed by atoms with van der Waals surface area (Å²) in [6, 6.07) is 8.44. The molecule has 0 bridgehead atoms. The first-order valence-corrected chi connectivity index (χ1v) is 8.65. The molecule has 1 amide bonds. The van der Waals surface area contributed by atoms with Gasteiger partial charge >= 0.3 is 0 Å². The molecule has 1 atom stereocenters. The lowest BCUT2D eigenvalue weighted by atomic mass is 9.90. The van der Waals surface area contributed by atoms with Gasteiger partial charge in [-0.05, 0) is 43.5 Å². The maximum atomic E-state index is 12.7. The fourth-order valence-electron chi connectivity index (χ4n) is 3.15. The van der Waals surface area contributed by atoms with E-state index in [0.717, 1.165) is 25.1 Å².